The Hall–Kier alpha value is -1.49. The van der Waals surface area contributed by atoms with E-state index in [0.29, 0.717) is 5.69 Å². The van der Waals surface area contributed by atoms with Crippen LogP contribution in [0.15, 0.2) is 18.3 Å². The summed E-state index contributed by atoms with van der Waals surface area (Å²) in [6, 6.07) is 2.48. The molecule has 12 heavy (non-hydrogen) atoms. The predicted molar refractivity (Wildman–Crippen MR) is 41.3 cm³/mol. The standard InChI is InChI=1S/C7H9N3O2/c8-6(7(11)12)4-5-2-1-3-9-10-5/h1-3,6H,4,8H2,(H,11,12)/t6-/m0/s1. The molecular weight excluding hydrogens is 158 g/mol. The first kappa shape index (κ1) is 8.61. The third-order valence-electron chi connectivity index (χ3n) is 1.37. The van der Waals surface area contributed by atoms with Gasteiger partial charge in [0.1, 0.15) is 6.04 Å². The molecule has 0 unspecified atom stereocenters. The van der Waals surface area contributed by atoms with Crippen molar-refractivity contribution in [3.8, 4) is 0 Å². The van der Waals surface area contributed by atoms with Crippen molar-refractivity contribution in [2.75, 3.05) is 0 Å². The molecule has 64 valence electrons. The summed E-state index contributed by atoms with van der Waals surface area (Å²) in [7, 11) is 0. The van der Waals surface area contributed by atoms with Crippen LogP contribution in [0.2, 0.25) is 0 Å². The van der Waals surface area contributed by atoms with Crippen LogP contribution in [-0.2, 0) is 11.2 Å². The molecule has 3 N–H and O–H groups in total. The quantitative estimate of drug-likeness (QED) is 0.629. The molecule has 5 nitrogen and oxygen atoms in total. The topological polar surface area (TPSA) is 89.1 Å². The van der Waals surface area contributed by atoms with E-state index in [1.165, 1.54) is 6.20 Å². The summed E-state index contributed by atoms with van der Waals surface area (Å²) in [5.74, 6) is -1.03. The van der Waals surface area contributed by atoms with Crippen molar-refractivity contribution < 1.29 is 9.90 Å². The summed E-state index contributed by atoms with van der Waals surface area (Å²) in [5, 5.41) is 15.8. The second-order valence-electron chi connectivity index (χ2n) is 2.36. The van der Waals surface area contributed by atoms with Crippen LogP contribution >= 0.6 is 0 Å². The highest BCUT2D eigenvalue weighted by atomic mass is 16.4. The van der Waals surface area contributed by atoms with E-state index in [-0.39, 0.29) is 6.42 Å². The third kappa shape index (κ3) is 2.28. The molecule has 1 atom stereocenters. The summed E-state index contributed by atoms with van der Waals surface area (Å²) in [6.07, 6.45) is 1.74. The van der Waals surface area contributed by atoms with Gasteiger partial charge < -0.3 is 10.8 Å². The van der Waals surface area contributed by atoms with E-state index < -0.39 is 12.0 Å². The molecule has 0 saturated heterocycles. The average Bonchev–Trinajstić information content (AvgIpc) is 2.06. The highest BCUT2D eigenvalue weighted by molar-refractivity contribution is 5.73. The van der Waals surface area contributed by atoms with Gasteiger partial charge in [0.25, 0.3) is 0 Å². The molecule has 0 fully saturated rings. The maximum atomic E-state index is 10.3. The number of carbonyl (C=O) groups is 1. The van der Waals surface area contributed by atoms with Gasteiger partial charge in [-0.05, 0) is 12.1 Å². The molecule has 0 aliphatic carbocycles. The lowest BCUT2D eigenvalue weighted by molar-refractivity contribution is -0.138. The molecule has 0 saturated carbocycles. The van der Waals surface area contributed by atoms with Gasteiger partial charge in [0, 0.05) is 12.6 Å². The maximum absolute atomic E-state index is 10.3. The van der Waals surface area contributed by atoms with Crippen LogP contribution < -0.4 is 5.73 Å². The van der Waals surface area contributed by atoms with Gasteiger partial charge in [-0.1, -0.05) is 0 Å². The molecular formula is C7H9N3O2. The Balaban J connectivity index is 2.58. The lowest BCUT2D eigenvalue weighted by atomic mass is 10.2. The predicted octanol–water partition coefficient (Wildman–Crippen LogP) is -0.569. The zero-order valence-corrected chi connectivity index (χ0v) is 6.34. The zero-order valence-electron chi connectivity index (χ0n) is 6.34. The number of aromatic nitrogens is 2. The van der Waals surface area contributed by atoms with Crippen LogP contribution in [-0.4, -0.2) is 27.3 Å². The van der Waals surface area contributed by atoms with E-state index in [4.69, 9.17) is 10.8 Å². The summed E-state index contributed by atoms with van der Waals surface area (Å²) >= 11 is 0. The summed E-state index contributed by atoms with van der Waals surface area (Å²) in [6.45, 7) is 0. The monoisotopic (exact) mass is 167 g/mol. The van der Waals surface area contributed by atoms with Crippen molar-refractivity contribution in [3.63, 3.8) is 0 Å². The Labute approximate surface area is 69.2 Å². The highest BCUT2D eigenvalue weighted by Crippen LogP contribution is 1.95. The van der Waals surface area contributed by atoms with Gasteiger partial charge in [-0.2, -0.15) is 10.2 Å². The lowest BCUT2D eigenvalue weighted by Crippen LogP contribution is -2.32. The molecule has 0 aromatic carbocycles. The Morgan fingerprint density at radius 3 is 3.00 bits per heavy atom. The van der Waals surface area contributed by atoms with Gasteiger partial charge in [0.05, 0.1) is 5.69 Å². The van der Waals surface area contributed by atoms with Crippen molar-refractivity contribution in [2.45, 2.75) is 12.5 Å². The number of carboxylic acid groups (broad SMARTS) is 1. The van der Waals surface area contributed by atoms with Gasteiger partial charge in [0.2, 0.25) is 0 Å². The van der Waals surface area contributed by atoms with Crippen molar-refractivity contribution in [3.05, 3.63) is 24.0 Å². The molecule has 0 amide bonds. The SMILES string of the molecule is N[C@@H](Cc1cccnn1)C(=O)O. The minimum absolute atomic E-state index is 0.211. The van der Waals surface area contributed by atoms with Crippen LogP contribution in [0.5, 0.6) is 0 Å². The molecule has 0 radical (unpaired) electrons. The Bertz CT molecular complexity index is 263. The molecule has 0 aliphatic heterocycles. The second kappa shape index (κ2) is 3.77. The Morgan fingerprint density at radius 2 is 2.50 bits per heavy atom. The van der Waals surface area contributed by atoms with Crippen molar-refractivity contribution in [2.24, 2.45) is 5.73 Å². The van der Waals surface area contributed by atoms with Crippen LogP contribution in [0.1, 0.15) is 5.69 Å². The molecule has 0 aliphatic rings. The fourth-order valence-electron chi connectivity index (χ4n) is 0.755. The first-order valence-electron chi connectivity index (χ1n) is 3.45. The minimum atomic E-state index is -1.03. The highest BCUT2D eigenvalue weighted by Gasteiger charge is 2.12. The first-order valence-corrected chi connectivity index (χ1v) is 3.45. The molecule has 0 bridgehead atoms. The maximum Gasteiger partial charge on any atom is 0.320 e. The van der Waals surface area contributed by atoms with Crippen LogP contribution in [0.3, 0.4) is 0 Å². The van der Waals surface area contributed by atoms with Gasteiger partial charge in [-0.15, -0.1) is 0 Å². The van der Waals surface area contributed by atoms with E-state index in [0.717, 1.165) is 0 Å². The normalized spacial score (nSPS) is 12.4. The average molecular weight is 167 g/mol. The smallest absolute Gasteiger partial charge is 0.320 e. The summed E-state index contributed by atoms with van der Waals surface area (Å²) < 4.78 is 0. The minimum Gasteiger partial charge on any atom is -0.480 e. The van der Waals surface area contributed by atoms with Crippen LogP contribution in [0.25, 0.3) is 0 Å². The van der Waals surface area contributed by atoms with Crippen LogP contribution in [0, 0.1) is 0 Å². The lowest BCUT2D eigenvalue weighted by Gasteiger charge is -2.03. The molecule has 1 aromatic heterocycles. The van der Waals surface area contributed by atoms with E-state index >= 15 is 0 Å². The Morgan fingerprint density at radius 1 is 1.75 bits per heavy atom. The van der Waals surface area contributed by atoms with Gasteiger partial charge in [-0.25, -0.2) is 0 Å². The number of carboxylic acids is 1. The summed E-state index contributed by atoms with van der Waals surface area (Å²) in [4.78, 5) is 10.3. The third-order valence-corrected chi connectivity index (χ3v) is 1.37. The number of hydrogen-bond donors (Lipinski definition) is 2. The molecule has 1 heterocycles. The van der Waals surface area contributed by atoms with E-state index in [1.807, 2.05) is 0 Å². The van der Waals surface area contributed by atoms with E-state index in [2.05, 4.69) is 10.2 Å². The summed E-state index contributed by atoms with van der Waals surface area (Å²) in [5.41, 5.74) is 5.87. The van der Waals surface area contributed by atoms with Crippen LogP contribution in [0.4, 0.5) is 0 Å². The van der Waals surface area contributed by atoms with Crippen molar-refractivity contribution in [1.82, 2.24) is 10.2 Å². The molecule has 0 spiro atoms. The number of rotatable bonds is 3. The van der Waals surface area contributed by atoms with Gasteiger partial charge in [0.15, 0.2) is 0 Å². The van der Waals surface area contributed by atoms with Gasteiger partial charge >= 0.3 is 5.97 Å². The Kier molecular flexibility index (Phi) is 2.71. The fourth-order valence-corrected chi connectivity index (χ4v) is 0.755. The number of nitrogens with two attached hydrogens (primary N) is 1. The number of aliphatic carboxylic acids is 1. The number of nitrogens with zero attached hydrogens (tertiary/aromatic N) is 2. The number of hydrogen-bond acceptors (Lipinski definition) is 4. The largest absolute Gasteiger partial charge is 0.480 e. The van der Waals surface area contributed by atoms with E-state index in [9.17, 15) is 4.79 Å². The second-order valence-corrected chi connectivity index (χ2v) is 2.36. The molecule has 1 aromatic rings. The molecule has 5 heteroatoms. The fraction of sp³-hybridized carbons (Fsp3) is 0.286. The van der Waals surface area contributed by atoms with E-state index in [1.54, 1.807) is 12.1 Å². The van der Waals surface area contributed by atoms with Crippen molar-refractivity contribution >= 4 is 5.97 Å². The zero-order chi connectivity index (χ0) is 8.97. The van der Waals surface area contributed by atoms with Crippen molar-refractivity contribution in [1.29, 1.82) is 0 Å². The first-order chi connectivity index (χ1) is 5.70. The molecule has 1 rings (SSSR count). The van der Waals surface area contributed by atoms with Gasteiger partial charge in [-0.3, -0.25) is 4.79 Å².